The number of hydrogen-bond donors (Lipinski definition) is 3. The van der Waals surface area contributed by atoms with Crippen LogP contribution in [0.5, 0.6) is 0 Å². The Kier molecular flexibility index (Phi) is 8.59. The van der Waals surface area contributed by atoms with Crippen LogP contribution in [0.4, 0.5) is 4.39 Å². The second-order valence-corrected chi connectivity index (χ2v) is 7.45. The molecule has 3 amide bonds. The number of halogens is 1. The van der Waals surface area contributed by atoms with E-state index in [-0.39, 0.29) is 36.4 Å². The Morgan fingerprint density at radius 2 is 1.97 bits per heavy atom. The molecule has 1 fully saturated rings. The molecule has 7 nitrogen and oxygen atoms in total. The molecule has 2 rings (SSSR count). The number of nitrogens with zero attached hydrogens (tertiary/aromatic N) is 1. The van der Waals surface area contributed by atoms with Crippen LogP contribution in [-0.2, 0) is 20.9 Å². The smallest absolute Gasteiger partial charge is 0.242 e. The van der Waals surface area contributed by atoms with Crippen LogP contribution < -0.4 is 16.4 Å². The number of nitriles is 1. The van der Waals surface area contributed by atoms with E-state index in [0.717, 1.165) is 25.3 Å². The number of primary amides is 1. The summed E-state index contributed by atoms with van der Waals surface area (Å²) in [5, 5.41) is 14.0. The minimum atomic E-state index is -0.917. The van der Waals surface area contributed by atoms with Gasteiger partial charge in [-0.2, -0.15) is 5.26 Å². The van der Waals surface area contributed by atoms with Crippen molar-refractivity contribution in [2.24, 2.45) is 11.7 Å². The summed E-state index contributed by atoms with van der Waals surface area (Å²) in [4.78, 5) is 35.9. The highest BCUT2D eigenvalue weighted by atomic mass is 19.1. The van der Waals surface area contributed by atoms with Gasteiger partial charge < -0.3 is 16.4 Å². The molecule has 1 saturated carbocycles. The van der Waals surface area contributed by atoms with Crippen LogP contribution in [0, 0.1) is 23.1 Å². The van der Waals surface area contributed by atoms with Gasteiger partial charge in [0, 0.05) is 24.9 Å². The fourth-order valence-corrected chi connectivity index (χ4v) is 3.52. The van der Waals surface area contributed by atoms with E-state index in [0.29, 0.717) is 12.3 Å². The van der Waals surface area contributed by atoms with Gasteiger partial charge in [0.2, 0.25) is 17.7 Å². The summed E-state index contributed by atoms with van der Waals surface area (Å²) in [6.45, 7) is -0.0958. The lowest BCUT2D eigenvalue weighted by Gasteiger charge is -2.19. The summed E-state index contributed by atoms with van der Waals surface area (Å²) in [5.74, 6) is -1.37. The van der Waals surface area contributed by atoms with E-state index in [2.05, 4.69) is 10.6 Å². The summed E-state index contributed by atoms with van der Waals surface area (Å²) in [7, 11) is 0. The van der Waals surface area contributed by atoms with Gasteiger partial charge in [-0.05, 0) is 30.9 Å². The lowest BCUT2D eigenvalue weighted by Crippen LogP contribution is -2.47. The summed E-state index contributed by atoms with van der Waals surface area (Å²) in [5.41, 5.74) is 5.57. The third-order valence-electron chi connectivity index (χ3n) is 5.22. The molecule has 0 unspecified atom stereocenters. The van der Waals surface area contributed by atoms with Crippen molar-refractivity contribution < 1.29 is 18.8 Å². The molecule has 0 radical (unpaired) electrons. The van der Waals surface area contributed by atoms with Gasteiger partial charge in [0.05, 0.1) is 11.6 Å². The average molecular weight is 402 g/mol. The van der Waals surface area contributed by atoms with E-state index in [9.17, 15) is 18.8 Å². The van der Waals surface area contributed by atoms with Crippen LogP contribution in [0.2, 0.25) is 0 Å². The Morgan fingerprint density at radius 1 is 1.24 bits per heavy atom. The Hall–Kier alpha value is -2.95. The van der Waals surface area contributed by atoms with Gasteiger partial charge >= 0.3 is 0 Å². The first-order chi connectivity index (χ1) is 13.9. The van der Waals surface area contributed by atoms with E-state index in [4.69, 9.17) is 11.0 Å². The number of carbonyl (C=O) groups excluding carboxylic acids is 3. The van der Waals surface area contributed by atoms with Crippen LogP contribution in [-0.4, -0.2) is 23.8 Å². The zero-order valence-electron chi connectivity index (χ0n) is 16.4. The van der Waals surface area contributed by atoms with Gasteiger partial charge in [0.15, 0.2) is 0 Å². The molecule has 8 heteroatoms. The highest BCUT2D eigenvalue weighted by Gasteiger charge is 2.23. The number of amides is 3. The predicted molar refractivity (Wildman–Crippen MR) is 105 cm³/mol. The Labute approximate surface area is 169 Å². The molecule has 156 valence electrons. The van der Waals surface area contributed by atoms with Crippen molar-refractivity contribution in [3.63, 3.8) is 0 Å². The summed E-state index contributed by atoms with van der Waals surface area (Å²) in [6, 6.07) is 4.90. The van der Waals surface area contributed by atoms with Crippen molar-refractivity contribution in [3.05, 3.63) is 35.1 Å². The third-order valence-corrected chi connectivity index (χ3v) is 5.22. The molecular formula is C21H27FN4O3. The van der Waals surface area contributed by atoms with Crippen molar-refractivity contribution in [2.45, 2.75) is 64.0 Å². The molecule has 1 aromatic carbocycles. The number of hydrogen-bond acceptors (Lipinski definition) is 4. The molecule has 0 aromatic heterocycles. The average Bonchev–Trinajstić information content (AvgIpc) is 3.21. The maximum absolute atomic E-state index is 14.0. The number of nitrogens with one attached hydrogen (secondary N) is 2. The molecule has 29 heavy (non-hydrogen) atoms. The molecular weight excluding hydrogens is 375 g/mol. The Balaban J connectivity index is 1.90. The summed E-state index contributed by atoms with van der Waals surface area (Å²) in [6.07, 6.45) is 5.80. The van der Waals surface area contributed by atoms with Crippen molar-refractivity contribution in [2.75, 3.05) is 0 Å². The van der Waals surface area contributed by atoms with E-state index in [1.54, 1.807) is 0 Å². The highest BCUT2D eigenvalue weighted by molar-refractivity contribution is 5.88. The van der Waals surface area contributed by atoms with Gasteiger partial charge in [0.25, 0.3) is 0 Å². The lowest BCUT2D eigenvalue weighted by atomic mass is 10.0. The maximum Gasteiger partial charge on any atom is 0.242 e. The second-order valence-electron chi connectivity index (χ2n) is 7.45. The van der Waals surface area contributed by atoms with Crippen molar-refractivity contribution in [3.8, 4) is 6.07 Å². The zero-order chi connectivity index (χ0) is 21.2. The summed E-state index contributed by atoms with van der Waals surface area (Å²) < 4.78 is 14.0. The molecule has 0 spiro atoms. The maximum atomic E-state index is 14.0. The number of benzene rings is 1. The van der Waals surface area contributed by atoms with E-state index in [1.807, 2.05) is 6.07 Å². The van der Waals surface area contributed by atoms with Crippen LogP contribution in [0.15, 0.2) is 18.2 Å². The Morgan fingerprint density at radius 3 is 2.59 bits per heavy atom. The van der Waals surface area contributed by atoms with Gasteiger partial charge in [-0.25, -0.2) is 4.39 Å². The standard InChI is InChI=1S/C21H27FN4O3/c22-17-11-15(12-23)5-7-16(17)13-25-21(29)18(8-9-19(24)27)26-20(28)10-6-14-3-1-2-4-14/h5,7,11,14,18H,1-4,6,8-10,13H2,(H2,24,27)(H,25,29)(H,26,28)/t18-/m1/s1. The van der Waals surface area contributed by atoms with Crippen LogP contribution in [0.3, 0.4) is 0 Å². The van der Waals surface area contributed by atoms with Crippen LogP contribution >= 0.6 is 0 Å². The fraction of sp³-hybridized carbons (Fsp3) is 0.524. The van der Waals surface area contributed by atoms with Crippen LogP contribution in [0.25, 0.3) is 0 Å². The van der Waals surface area contributed by atoms with Gasteiger partial charge in [0.1, 0.15) is 11.9 Å². The van der Waals surface area contributed by atoms with Gasteiger partial charge in [-0.15, -0.1) is 0 Å². The van der Waals surface area contributed by atoms with Crippen LogP contribution in [0.1, 0.15) is 62.5 Å². The van der Waals surface area contributed by atoms with Crippen molar-refractivity contribution >= 4 is 17.7 Å². The lowest BCUT2D eigenvalue weighted by molar-refractivity contribution is -0.129. The quantitative estimate of drug-likeness (QED) is 0.554. The molecule has 0 saturated heterocycles. The minimum absolute atomic E-state index is 0.0494. The zero-order valence-corrected chi connectivity index (χ0v) is 16.4. The largest absolute Gasteiger partial charge is 0.370 e. The molecule has 1 atom stereocenters. The monoisotopic (exact) mass is 402 g/mol. The highest BCUT2D eigenvalue weighted by Crippen LogP contribution is 2.28. The van der Waals surface area contributed by atoms with Crippen molar-refractivity contribution in [1.29, 1.82) is 5.26 Å². The summed E-state index contributed by atoms with van der Waals surface area (Å²) >= 11 is 0. The molecule has 0 bridgehead atoms. The van der Waals surface area contributed by atoms with Gasteiger partial charge in [-0.3, -0.25) is 14.4 Å². The molecule has 0 aliphatic heterocycles. The molecule has 1 aliphatic rings. The number of rotatable bonds is 10. The second kappa shape index (κ2) is 11.1. The molecule has 0 heterocycles. The van der Waals surface area contributed by atoms with E-state index < -0.39 is 23.7 Å². The fourth-order valence-electron chi connectivity index (χ4n) is 3.52. The SMILES string of the molecule is N#Cc1ccc(CNC(=O)[C@@H](CCC(N)=O)NC(=O)CCC2CCCC2)c(F)c1. The topological polar surface area (TPSA) is 125 Å². The number of nitrogens with two attached hydrogens (primary N) is 1. The first-order valence-electron chi connectivity index (χ1n) is 9.93. The Bertz CT molecular complexity index is 785. The molecule has 4 N–H and O–H groups in total. The first kappa shape index (κ1) is 22.3. The minimum Gasteiger partial charge on any atom is -0.370 e. The number of carbonyl (C=O) groups is 3. The van der Waals surface area contributed by atoms with E-state index >= 15 is 0 Å². The third kappa shape index (κ3) is 7.53. The van der Waals surface area contributed by atoms with E-state index in [1.165, 1.54) is 25.0 Å². The first-order valence-corrected chi connectivity index (χ1v) is 9.93. The normalized spacial score (nSPS) is 14.8. The molecule has 1 aliphatic carbocycles. The van der Waals surface area contributed by atoms with Gasteiger partial charge in [-0.1, -0.05) is 31.7 Å². The predicted octanol–water partition coefficient (Wildman–Crippen LogP) is 2.03. The molecule has 1 aromatic rings. The van der Waals surface area contributed by atoms with Crippen molar-refractivity contribution in [1.82, 2.24) is 10.6 Å².